The van der Waals surface area contributed by atoms with E-state index in [0.717, 1.165) is 11.4 Å². The molecule has 0 saturated heterocycles. The molecular formula is C13H18N4. The van der Waals surface area contributed by atoms with E-state index >= 15 is 0 Å². The highest BCUT2D eigenvalue weighted by atomic mass is 15.3. The Morgan fingerprint density at radius 2 is 2.06 bits per heavy atom. The molecule has 2 aromatic rings. The molecule has 0 spiro atoms. The van der Waals surface area contributed by atoms with Gasteiger partial charge in [0, 0.05) is 18.4 Å². The summed E-state index contributed by atoms with van der Waals surface area (Å²) in [5.74, 6) is 0. The van der Waals surface area contributed by atoms with Crippen LogP contribution < -0.4 is 5.32 Å². The van der Waals surface area contributed by atoms with Gasteiger partial charge in [-0.3, -0.25) is 9.67 Å². The van der Waals surface area contributed by atoms with Crippen LogP contribution in [0.5, 0.6) is 0 Å². The summed E-state index contributed by atoms with van der Waals surface area (Å²) in [6.07, 6.45) is 5.68. The van der Waals surface area contributed by atoms with Gasteiger partial charge in [-0.25, -0.2) is 0 Å². The van der Waals surface area contributed by atoms with Crippen molar-refractivity contribution in [2.24, 2.45) is 0 Å². The minimum absolute atomic E-state index is 0.181. The van der Waals surface area contributed by atoms with Crippen molar-refractivity contribution >= 4 is 5.69 Å². The van der Waals surface area contributed by atoms with Gasteiger partial charge in [-0.1, -0.05) is 6.07 Å². The van der Waals surface area contributed by atoms with Crippen molar-refractivity contribution in [3.05, 3.63) is 42.5 Å². The molecule has 0 aliphatic carbocycles. The maximum absolute atomic E-state index is 4.33. The molecular weight excluding hydrogens is 212 g/mol. The lowest BCUT2D eigenvalue weighted by Gasteiger charge is -2.12. The van der Waals surface area contributed by atoms with E-state index in [0.29, 0.717) is 6.04 Å². The van der Waals surface area contributed by atoms with Crippen LogP contribution in [-0.2, 0) is 0 Å². The van der Waals surface area contributed by atoms with Gasteiger partial charge in [0.05, 0.1) is 23.6 Å². The Morgan fingerprint density at radius 1 is 1.24 bits per heavy atom. The number of rotatable bonds is 4. The average Bonchev–Trinajstić information content (AvgIpc) is 2.79. The summed E-state index contributed by atoms with van der Waals surface area (Å²) in [6.45, 7) is 6.31. The molecule has 17 heavy (non-hydrogen) atoms. The number of pyridine rings is 1. The Bertz CT molecular complexity index is 461. The third-order valence-electron chi connectivity index (χ3n) is 2.65. The molecule has 4 nitrogen and oxygen atoms in total. The highest BCUT2D eigenvalue weighted by molar-refractivity contribution is 5.40. The lowest BCUT2D eigenvalue weighted by Crippen LogP contribution is -2.07. The van der Waals surface area contributed by atoms with Crippen molar-refractivity contribution < 1.29 is 0 Å². The minimum atomic E-state index is 0.181. The number of aromatic nitrogens is 3. The number of nitrogens with zero attached hydrogens (tertiary/aromatic N) is 3. The number of hydrogen-bond donors (Lipinski definition) is 1. The van der Waals surface area contributed by atoms with Gasteiger partial charge in [0.2, 0.25) is 0 Å². The zero-order valence-corrected chi connectivity index (χ0v) is 10.5. The maximum atomic E-state index is 4.33. The molecule has 2 heterocycles. The molecule has 0 aromatic carbocycles. The van der Waals surface area contributed by atoms with Gasteiger partial charge < -0.3 is 5.32 Å². The molecule has 0 bridgehead atoms. The molecule has 2 aromatic heterocycles. The topological polar surface area (TPSA) is 42.7 Å². The molecule has 1 atom stereocenters. The van der Waals surface area contributed by atoms with Gasteiger partial charge >= 0.3 is 0 Å². The first-order valence-corrected chi connectivity index (χ1v) is 5.88. The lowest BCUT2D eigenvalue weighted by atomic mass is 10.2. The molecule has 0 amide bonds. The summed E-state index contributed by atoms with van der Waals surface area (Å²) in [6, 6.07) is 6.51. The Hall–Kier alpha value is -1.84. The van der Waals surface area contributed by atoms with Gasteiger partial charge in [-0.2, -0.15) is 5.10 Å². The molecule has 0 saturated carbocycles. The Balaban J connectivity index is 2.05. The summed E-state index contributed by atoms with van der Waals surface area (Å²) in [5, 5.41) is 7.68. The van der Waals surface area contributed by atoms with Crippen molar-refractivity contribution in [3.63, 3.8) is 0 Å². The number of nitrogens with one attached hydrogen (secondary N) is 1. The Morgan fingerprint density at radius 3 is 2.65 bits per heavy atom. The van der Waals surface area contributed by atoms with Crippen LogP contribution in [0, 0.1) is 0 Å². The summed E-state index contributed by atoms with van der Waals surface area (Å²) in [7, 11) is 0. The van der Waals surface area contributed by atoms with Crippen LogP contribution in [0.3, 0.4) is 0 Å². The molecule has 90 valence electrons. The molecule has 4 heteroatoms. The van der Waals surface area contributed by atoms with Crippen molar-refractivity contribution in [1.29, 1.82) is 0 Å². The largest absolute Gasteiger partial charge is 0.374 e. The maximum Gasteiger partial charge on any atom is 0.0731 e. The molecule has 1 N–H and O–H groups in total. The van der Waals surface area contributed by atoms with E-state index in [4.69, 9.17) is 0 Å². The second kappa shape index (κ2) is 4.99. The second-order valence-corrected chi connectivity index (χ2v) is 4.42. The first kappa shape index (κ1) is 11.6. The summed E-state index contributed by atoms with van der Waals surface area (Å²) in [5.41, 5.74) is 2.06. The fraction of sp³-hybridized carbons (Fsp3) is 0.385. The van der Waals surface area contributed by atoms with E-state index in [2.05, 4.69) is 36.2 Å². The van der Waals surface area contributed by atoms with Crippen molar-refractivity contribution in [2.75, 3.05) is 5.32 Å². The van der Waals surface area contributed by atoms with E-state index in [1.165, 1.54) is 0 Å². The van der Waals surface area contributed by atoms with Gasteiger partial charge in [-0.15, -0.1) is 0 Å². The fourth-order valence-corrected chi connectivity index (χ4v) is 1.65. The molecule has 0 aliphatic rings. The summed E-state index contributed by atoms with van der Waals surface area (Å²) < 4.78 is 1.94. The minimum Gasteiger partial charge on any atom is -0.374 e. The fourth-order valence-electron chi connectivity index (χ4n) is 1.65. The summed E-state index contributed by atoms with van der Waals surface area (Å²) in [4.78, 5) is 4.33. The standard InChI is InChI=1S/C13H18N4/c1-10(2)17-9-12(8-15-17)16-11(3)13-6-4-5-7-14-13/h4-11,16H,1-3H3. The highest BCUT2D eigenvalue weighted by Gasteiger charge is 2.08. The van der Waals surface area contributed by atoms with E-state index < -0.39 is 0 Å². The van der Waals surface area contributed by atoms with Crippen LogP contribution in [0.2, 0.25) is 0 Å². The van der Waals surface area contributed by atoms with Crippen molar-refractivity contribution in [1.82, 2.24) is 14.8 Å². The van der Waals surface area contributed by atoms with Gasteiger partial charge in [0.1, 0.15) is 0 Å². The summed E-state index contributed by atoms with van der Waals surface area (Å²) >= 11 is 0. The van der Waals surface area contributed by atoms with Crippen molar-refractivity contribution in [2.45, 2.75) is 32.9 Å². The predicted molar refractivity (Wildman–Crippen MR) is 68.9 cm³/mol. The zero-order valence-electron chi connectivity index (χ0n) is 10.5. The molecule has 2 rings (SSSR count). The van der Waals surface area contributed by atoms with E-state index in [1.807, 2.05) is 41.5 Å². The molecule has 1 unspecified atom stereocenters. The lowest BCUT2D eigenvalue weighted by molar-refractivity contribution is 0.532. The predicted octanol–water partition coefficient (Wildman–Crippen LogP) is 3.03. The highest BCUT2D eigenvalue weighted by Crippen LogP contribution is 2.17. The quantitative estimate of drug-likeness (QED) is 0.877. The Kier molecular flexibility index (Phi) is 3.42. The molecule has 0 fully saturated rings. The smallest absolute Gasteiger partial charge is 0.0731 e. The van der Waals surface area contributed by atoms with Crippen LogP contribution >= 0.6 is 0 Å². The second-order valence-electron chi connectivity index (χ2n) is 4.42. The van der Waals surface area contributed by atoms with Crippen LogP contribution in [0.1, 0.15) is 38.5 Å². The molecule has 0 aliphatic heterocycles. The van der Waals surface area contributed by atoms with E-state index in [9.17, 15) is 0 Å². The zero-order chi connectivity index (χ0) is 12.3. The van der Waals surface area contributed by atoms with Crippen LogP contribution in [0.25, 0.3) is 0 Å². The third-order valence-corrected chi connectivity index (χ3v) is 2.65. The first-order chi connectivity index (χ1) is 8.16. The van der Waals surface area contributed by atoms with Gasteiger partial charge in [0.25, 0.3) is 0 Å². The third kappa shape index (κ3) is 2.84. The van der Waals surface area contributed by atoms with Crippen LogP contribution in [0.15, 0.2) is 36.8 Å². The molecule has 0 radical (unpaired) electrons. The van der Waals surface area contributed by atoms with E-state index in [1.54, 1.807) is 0 Å². The Labute approximate surface area is 102 Å². The first-order valence-electron chi connectivity index (χ1n) is 5.88. The average molecular weight is 230 g/mol. The van der Waals surface area contributed by atoms with Gasteiger partial charge in [-0.05, 0) is 32.9 Å². The van der Waals surface area contributed by atoms with Crippen LogP contribution in [-0.4, -0.2) is 14.8 Å². The number of anilines is 1. The van der Waals surface area contributed by atoms with Crippen LogP contribution in [0.4, 0.5) is 5.69 Å². The number of hydrogen-bond acceptors (Lipinski definition) is 3. The SMILES string of the molecule is CC(Nc1cnn(C(C)C)c1)c1ccccn1. The van der Waals surface area contributed by atoms with Gasteiger partial charge in [0.15, 0.2) is 0 Å². The monoisotopic (exact) mass is 230 g/mol. The normalized spacial score (nSPS) is 12.7. The van der Waals surface area contributed by atoms with E-state index in [-0.39, 0.29) is 6.04 Å². The van der Waals surface area contributed by atoms with Crippen molar-refractivity contribution in [3.8, 4) is 0 Å².